The fourth-order valence-corrected chi connectivity index (χ4v) is 6.62. The first-order valence-corrected chi connectivity index (χ1v) is 12.5. The van der Waals surface area contributed by atoms with Crippen LogP contribution in [0.25, 0.3) is 0 Å². The molecule has 0 saturated heterocycles. The van der Waals surface area contributed by atoms with Gasteiger partial charge in [-0.25, -0.2) is 0 Å². The first-order valence-electron chi connectivity index (χ1n) is 7.82. The molecule has 0 heterocycles. The fourth-order valence-electron chi connectivity index (χ4n) is 3.34. The van der Waals surface area contributed by atoms with Crippen LogP contribution in [0.4, 0.5) is 0 Å². The Morgan fingerprint density at radius 2 is 1.85 bits per heavy atom. The van der Waals surface area contributed by atoms with Crippen LogP contribution in [0.5, 0.6) is 0 Å². The molecule has 112 valence electrons. The molecule has 4 atom stereocenters. The maximum Gasteiger partial charge on any atom is 0.292 e. The van der Waals surface area contributed by atoms with Gasteiger partial charge in [0.25, 0.3) is 6.94 Å². The van der Waals surface area contributed by atoms with Gasteiger partial charge in [0.2, 0.25) is 0 Å². The molecule has 1 fully saturated rings. The van der Waals surface area contributed by atoms with Crippen molar-refractivity contribution in [2.24, 2.45) is 17.8 Å². The number of halogens is 1. The first-order chi connectivity index (χ1) is 9.40. The molecule has 1 aliphatic rings. The normalized spacial score (nSPS) is 30.2. The lowest BCUT2D eigenvalue weighted by Crippen LogP contribution is -2.48. The summed E-state index contributed by atoms with van der Waals surface area (Å²) >= 11 is 3.94. The summed E-state index contributed by atoms with van der Waals surface area (Å²) in [5.74, 6) is 2.21. The monoisotopic (exact) mass is 354 g/mol. The Labute approximate surface area is 132 Å². The van der Waals surface area contributed by atoms with Crippen molar-refractivity contribution in [1.82, 2.24) is 0 Å². The lowest BCUT2D eigenvalue weighted by atomic mass is 9.75. The molecule has 0 bridgehead atoms. The van der Waals surface area contributed by atoms with Crippen molar-refractivity contribution in [2.45, 2.75) is 52.7 Å². The van der Waals surface area contributed by atoms with Gasteiger partial charge in [-0.05, 0) is 42.3 Å². The van der Waals surface area contributed by atoms with Crippen LogP contribution in [0.3, 0.4) is 0 Å². The zero-order valence-corrected chi connectivity index (χ0v) is 15.7. The van der Waals surface area contributed by atoms with Crippen molar-refractivity contribution >= 4 is 27.4 Å². The minimum Gasteiger partial charge on any atom is -0.400 e. The summed E-state index contributed by atoms with van der Waals surface area (Å²) in [6, 6.07) is 10.7. The minimum absolute atomic E-state index is 0.412. The molecular formula is C17H27BrOSi. The van der Waals surface area contributed by atoms with Gasteiger partial charge in [0.05, 0.1) is 0 Å². The lowest BCUT2D eigenvalue weighted by Gasteiger charge is -2.40. The zero-order valence-electron chi connectivity index (χ0n) is 13.1. The molecule has 0 unspecified atom stereocenters. The van der Waals surface area contributed by atoms with Gasteiger partial charge in [-0.2, -0.15) is 0 Å². The van der Waals surface area contributed by atoms with Gasteiger partial charge >= 0.3 is 0 Å². The summed E-state index contributed by atoms with van der Waals surface area (Å²) in [4.78, 5) is 0. The Bertz CT molecular complexity index is 418. The average molecular weight is 355 g/mol. The predicted octanol–water partition coefficient (Wildman–Crippen LogP) is 4.84. The highest BCUT2D eigenvalue weighted by atomic mass is 79.9. The van der Waals surface area contributed by atoms with E-state index < -0.39 is 6.94 Å². The van der Waals surface area contributed by atoms with Crippen LogP contribution >= 0.6 is 15.3 Å². The predicted molar refractivity (Wildman–Crippen MR) is 92.8 cm³/mol. The van der Waals surface area contributed by atoms with Crippen molar-refractivity contribution in [3.05, 3.63) is 30.3 Å². The van der Waals surface area contributed by atoms with Gasteiger partial charge in [0.15, 0.2) is 0 Å². The molecule has 1 aromatic rings. The quantitative estimate of drug-likeness (QED) is 0.555. The maximum absolute atomic E-state index is 6.66. The molecule has 2 rings (SSSR count). The van der Waals surface area contributed by atoms with Crippen LogP contribution in [-0.2, 0) is 4.43 Å². The van der Waals surface area contributed by atoms with Crippen LogP contribution in [0.15, 0.2) is 30.3 Å². The molecule has 0 N–H and O–H groups in total. The summed E-state index contributed by atoms with van der Waals surface area (Å²) in [6.07, 6.45) is 4.30. The highest BCUT2D eigenvalue weighted by Crippen LogP contribution is 2.37. The Hall–Kier alpha value is -0.123. The van der Waals surface area contributed by atoms with E-state index in [1.54, 1.807) is 0 Å². The molecule has 0 radical (unpaired) electrons. The van der Waals surface area contributed by atoms with Crippen LogP contribution in [-0.4, -0.2) is 13.0 Å². The summed E-state index contributed by atoms with van der Waals surface area (Å²) in [5, 5.41) is 1.33. The Kier molecular flexibility index (Phi) is 5.49. The number of rotatable bonds is 4. The second-order valence-corrected chi connectivity index (χ2v) is 14.0. The summed E-state index contributed by atoms with van der Waals surface area (Å²) in [6.45, 7) is 7.33. The summed E-state index contributed by atoms with van der Waals surface area (Å²) < 4.78 is 6.66. The first kappa shape index (κ1) is 16.3. The van der Waals surface area contributed by atoms with Gasteiger partial charge in [-0.1, -0.05) is 72.8 Å². The smallest absolute Gasteiger partial charge is 0.292 e. The lowest BCUT2D eigenvalue weighted by molar-refractivity contribution is 0.0451. The molecule has 0 aliphatic heterocycles. The molecule has 1 saturated carbocycles. The van der Waals surface area contributed by atoms with Crippen LogP contribution in [0.2, 0.25) is 6.55 Å². The van der Waals surface area contributed by atoms with Gasteiger partial charge in [-0.15, -0.1) is 0 Å². The van der Waals surface area contributed by atoms with E-state index in [4.69, 9.17) is 4.43 Å². The van der Waals surface area contributed by atoms with E-state index >= 15 is 0 Å². The van der Waals surface area contributed by atoms with Gasteiger partial charge in [0, 0.05) is 6.10 Å². The number of benzene rings is 1. The average Bonchev–Trinajstić information content (AvgIpc) is 2.39. The van der Waals surface area contributed by atoms with E-state index in [-0.39, 0.29) is 0 Å². The molecule has 0 aromatic heterocycles. The fraction of sp³-hybridized carbons (Fsp3) is 0.647. The Morgan fingerprint density at radius 3 is 2.45 bits per heavy atom. The van der Waals surface area contributed by atoms with Crippen molar-refractivity contribution in [1.29, 1.82) is 0 Å². The van der Waals surface area contributed by atoms with E-state index in [9.17, 15) is 0 Å². The summed E-state index contributed by atoms with van der Waals surface area (Å²) in [5.41, 5.74) is 0. The van der Waals surface area contributed by atoms with Crippen LogP contribution < -0.4 is 5.19 Å². The molecule has 20 heavy (non-hydrogen) atoms. The molecule has 0 amide bonds. The largest absolute Gasteiger partial charge is 0.400 e. The minimum atomic E-state index is -1.97. The van der Waals surface area contributed by atoms with Crippen molar-refractivity contribution in [3.8, 4) is 0 Å². The van der Waals surface area contributed by atoms with Crippen molar-refractivity contribution < 1.29 is 4.43 Å². The third-order valence-electron chi connectivity index (χ3n) is 4.62. The van der Waals surface area contributed by atoms with E-state index in [1.165, 1.54) is 24.4 Å². The van der Waals surface area contributed by atoms with Crippen LogP contribution in [0, 0.1) is 17.8 Å². The van der Waals surface area contributed by atoms with Crippen molar-refractivity contribution in [3.63, 3.8) is 0 Å². The van der Waals surface area contributed by atoms with Crippen LogP contribution in [0.1, 0.15) is 40.0 Å². The van der Waals surface area contributed by atoms with Gasteiger partial charge < -0.3 is 4.43 Å². The zero-order chi connectivity index (χ0) is 14.8. The van der Waals surface area contributed by atoms with E-state index in [2.05, 4.69) is 72.9 Å². The summed E-state index contributed by atoms with van der Waals surface area (Å²) in [7, 11) is 0. The molecule has 0 spiro atoms. The SMILES string of the molecule is CC(C)[C@@H]1CC[C@@H](C)C[C@H]1O[Si@@](C)(Br)c1ccccc1. The van der Waals surface area contributed by atoms with E-state index in [0.29, 0.717) is 17.9 Å². The third-order valence-corrected chi connectivity index (χ3v) is 8.67. The second-order valence-electron chi connectivity index (χ2n) is 6.77. The highest BCUT2D eigenvalue weighted by molar-refractivity contribution is 9.26. The third kappa shape index (κ3) is 3.96. The number of hydrogen-bond acceptors (Lipinski definition) is 1. The standard InChI is InChI=1S/C17H27BrOSi/c1-13(2)16-11-10-14(3)12-17(16)19-20(4,18)15-8-6-5-7-9-15/h5-9,13-14,16-17H,10-12H2,1-4H3/t14-,16+,17-,20-/m1/s1. The van der Waals surface area contributed by atoms with E-state index in [1.807, 2.05) is 0 Å². The molecular weight excluding hydrogens is 328 g/mol. The molecule has 1 aromatic carbocycles. The molecule has 1 nitrogen and oxygen atoms in total. The Balaban J connectivity index is 2.13. The Morgan fingerprint density at radius 1 is 1.20 bits per heavy atom. The van der Waals surface area contributed by atoms with Crippen molar-refractivity contribution in [2.75, 3.05) is 0 Å². The molecule has 3 heteroatoms. The highest BCUT2D eigenvalue weighted by Gasteiger charge is 2.38. The topological polar surface area (TPSA) is 9.23 Å². The second kappa shape index (κ2) is 6.76. The van der Waals surface area contributed by atoms with Gasteiger partial charge in [-0.3, -0.25) is 0 Å². The van der Waals surface area contributed by atoms with E-state index in [0.717, 1.165) is 5.92 Å². The number of hydrogen-bond donors (Lipinski definition) is 0. The molecule has 1 aliphatic carbocycles. The van der Waals surface area contributed by atoms with Gasteiger partial charge in [0.1, 0.15) is 0 Å². The maximum atomic E-state index is 6.66.